The fraction of sp³-hybridized carbons (Fsp3) is 0.636. The predicted molar refractivity (Wildman–Crippen MR) is 65.2 cm³/mol. The summed E-state index contributed by atoms with van der Waals surface area (Å²) < 4.78 is 1.04. The Morgan fingerprint density at radius 1 is 1.27 bits per heavy atom. The van der Waals surface area contributed by atoms with E-state index >= 15 is 0 Å². The van der Waals surface area contributed by atoms with Gasteiger partial charge in [-0.25, -0.2) is 9.97 Å². The molecule has 1 aliphatic carbocycles. The molecule has 0 saturated heterocycles. The average Bonchev–Trinajstić information content (AvgIpc) is 2.74. The Hall–Kier alpha value is -0.640. The van der Waals surface area contributed by atoms with E-state index in [4.69, 9.17) is 0 Å². The Morgan fingerprint density at radius 2 is 1.93 bits per heavy atom. The smallest absolute Gasteiger partial charge is 0.144 e. The van der Waals surface area contributed by atoms with Gasteiger partial charge in [-0.2, -0.15) is 0 Å². The summed E-state index contributed by atoms with van der Waals surface area (Å²) in [5.41, 5.74) is 1.18. The van der Waals surface area contributed by atoms with Gasteiger partial charge >= 0.3 is 0 Å². The Bertz CT molecular complexity index is 359. The van der Waals surface area contributed by atoms with Crippen molar-refractivity contribution in [3.05, 3.63) is 16.0 Å². The predicted octanol–water partition coefficient (Wildman–Crippen LogP) is 3.25. The zero-order valence-corrected chi connectivity index (χ0v) is 10.8. The monoisotopic (exact) mass is 269 g/mol. The number of nitrogens with one attached hydrogen (secondary N) is 1. The van der Waals surface area contributed by atoms with Crippen molar-refractivity contribution in [2.45, 2.75) is 38.5 Å². The van der Waals surface area contributed by atoms with Gasteiger partial charge in [0.1, 0.15) is 11.6 Å². The molecule has 1 aromatic rings. The lowest BCUT2D eigenvalue weighted by Crippen LogP contribution is -2.05. The van der Waals surface area contributed by atoms with Gasteiger partial charge in [0, 0.05) is 13.0 Å². The molecule has 0 aliphatic heterocycles. The Kier molecular flexibility index (Phi) is 3.24. The second-order valence-electron chi connectivity index (χ2n) is 4.05. The number of halogens is 1. The van der Waals surface area contributed by atoms with E-state index in [0.717, 1.165) is 16.1 Å². The second kappa shape index (κ2) is 4.47. The zero-order chi connectivity index (χ0) is 10.8. The van der Waals surface area contributed by atoms with E-state index < -0.39 is 0 Å². The van der Waals surface area contributed by atoms with Crippen LogP contribution in [0, 0.1) is 6.92 Å². The highest BCUT2D eigenvalue weighted by molar-refractivity contribution is 9.10. The number of aryl methyl sites for hydroxylation is 1. The number of anilines is 1. The molecule has 0 atom stereocenters. The molecule has 3 nitrogen and oxygen atoms in total. The first-order valence-corrected chi connectivity index (χ1v) is 6.23. The molecule has 1 aliphatic rings. The third-order valence-corrected chi connectivity index (χ3v) is 3.75. The molecule has 0 spiro atoms. The van der Waals surface area contributed by atoms with Crippen LogP contribution in [-0.4, -0.2) is 17.0 Å². The van der Waals surface area contributed by atoms with Gasteiger partial charge in [0.15, 0.2) is 0 Å². The third-order valence-electron chi connectivity index (χ3n) is 2.97. The lowest BCUT2D eigenvalue weighted by molar-refractivity contribution is 0.685. The molecule has 0 radical (unpaired) electrons. The van der Waals surface area contributed by atoms with E-state index in [1.165, 1.54) is 31.4 Å². The molecular weight excluding hydrogens is 254 g/mol. The van der Waals surface area contributed by atoms with Gasteiger partial charge in [-0.3, -0.25) is 0 Å². The number of hydrogen-bond donors (Lipinski definition) is 1. The summed E-state index contributed by atoms with van der Waals surface area (Å²) in [7, 11) is 1.89. The minimum Gasteiger partial charge on any atom is -0.372 e. The van der Waals surface area contributed by atoms with Crippen molar-refractivity contribution in [3.63, 3.8) is 0 Å². The maximum absolute atomic E-state index is 4.57. The minimum absolute atomic E-state index is 0.619. The molecule has 1 aromatic heterocycles. The topological polar surface area (TPSA) is 37.8 Å². The number of nitrogens with zero attached hydrogens (tertiary/aromatic N) is 2. The zero-order valence-electron chi connectivity index (χ0n) is 9.18. The van der Waals surface area contributed by atoms with Crippen LogP contribution in [0.1, 0.15) is 43.1 Å². The Morgan fingerprint density at radius 3 is 2.53 bits per heavy atom. The van der Waals surface area contributed by atoms with Crippen molar-refractivity contribution >= 4 is 21.7 Å². The highest BCUT2D eigenvalue weighted by Gasteiger charge is 2.22. The third kappa shape index (κ3) is 2.14. The molecule has 0 aromatic carbocycles. The van der Waals surface area contributed by atoms with Gasteiger partial charge in [0.05, 0.1) is 10.2 Å². The molecular formula is C11H16BrN3. The average molecular weight is 270 g/mol. The van der Waals surface area contributed by atoms with Gasteiger partial charge in [0.2, 0.25) is 0 Å². The van der Waals surface area contributed by atoms with Crippen LogP contribution in [0.2, 0.25) is 0 Å². The highest BCUT2D eigenvalue weighted by atomic mass is 79.9. The van der Waals surface area contributed by atoms with Crippen LogP contribution in [0.15, 0.2) is 4.47 Å². The van der Waals surface area contributed by atoms with E-state index in [0.29, 0.717) is 5.92 Å². The van der Waals surface area contributed by atoms with Crippen molar-refractivity contribution in [2.24, 2.45) is 0 Å². The first-order valence-electron chi connectivity index (χ1n) is 5.44. The van der Waals surface area contributed by atoms with Crippen molar-refractivity contribution in [1.29, 1.82) is 0 Å². The fourth-order valence-electron chi connectivity index (χ4n) is 2.22. The van der Waals surface area contributed by atoms with Gasteiger partial charge in [0.25, 0.3) is 0 Å². The summed E-state index contributed by atoms with van der Waals surface area (Å²) in [6, 6.07) is 0. The van der Waals surface area contributed by atoms with Crippen LogP contribution in [-0.2, 0) is 0 Å². The van der Waals surface area contributed by atoms with E-state index in [2.05, 4.69) is 31.2 Å². The molecule has 1 fully saturated rings. The summed E-state index contributed by atoms with van der Waals surface area (Å²) >= 11 is 3.60. The molecule has 1 saturated carbocycles. The van der Waals surface area contributed by atoms with Crippen LogP contribution in [0.5, 0.6) is 0 Å². The van der Waals surface area contributed by atoms with E-state index in [1.807, 2.05) is 14.0 Å². The van der Waals surface area contributed by atoms with Crippen molar-refractivity contribution in [1.82, 2.24) is 9.97 Å². The first kappa shape index (κ1) is 10.9. The highest BCUT2D eigenvalue weighted by Crippen LogP contribution is 2.38. The SMILES string of the molecule is CNc1nc(C)nc(C2CCCC2)c1Br. The Labute approximate surface area is 98.8 Å². The molecule has 0 unspecified atom stereocenters. The van der Waals surface area contributed by atoms with Gasteiger partial charge in [-0.15, -0.1) is 0 Å². The molecule has 0 amide bonds. The van der Waals surface area contributed by atoms with Crippen LogP contribution in [0.3, 0.4) is 0 Å². The molecule has 1 heterocycles. The van der Waals surface area contributed by atoms with Crippen molar-refractivity contribution in [2.75, 3.05) is 12.4 Å². The summed E-state index contributed by atoms with van der Waals surface area (Å²) in [5, 5.41) is 3.10. The molecule has 15 heavy (non-hydrogen) atoms. The van der Waals surface area contributed by atoms with E-state index in [-0.39, 0.29) is 0 Å². The minimum atomic E-state index is 0.619. The summed E-state index contributed by atoms with van der Waals surface area (Å²) in [5.74, 6) is 2.38. The largest absolute Gasteiger partial charge is 0.372 e. The van der Waals surface area contributed by atoms with E-state index in [9.17, 15) is 0 Å². The lowest BCUT2D eigenvalue weighted by Gasteiger charge is -2.14. The van der Waals surface area contributed by atoms with Crippen molar-refractivity contribution in [3.8, 4) is 0 Å². The van der Waals surface area contributed by atoms with Crippen LogP contribution >= 0.6 is 15.9 Å². The summed E-state index contributed by atoms with van der Waals surface area (Å²) in [4.78, 5) is 8.92. The first-order chi connectivity index (χ1) is 7.22. The van der Waals surface area contributed by atoms with Gasteiger partial charge in [-0.1, -0.05) is 12.8 Å². The maximum atomic E-state index is 4.57. The quantitative estimate of drug-likeness (QED) is 0.896. The molecule has 1 N–H and O–H groups in total. The molecule has 0 bridgehead atoms. The second-order valence-corrected chi connectivity index (χ2v) is 4.84. The molecule has 82 valence electrons. The number of aromatic nitrogens is 2. The number of hydrogen-bond acceptors (Lipinski definition) is 3. The van der Waals surface area contributed by atoms with Crippen molar-refractivity contribution < 1.29 is 0 Å². The summed E-state index contributed by atoms with van der Waals surface area (Å²) in [6.07, 6.45) is 5.18. The summed E-state index contributed by atoms with van der Waals surface area (Å²) in [6.45, 7) is 1.95. The van der Waals surface area contributed by atoms with E-state index in [1.54, 1.807) is 0 Å². The fourth-order valence-corrected chi connectivity index (χ4v) is 2.92. The van der Waals surface area contributed by atoms with Crippen LogP contribution in [0.4, 0.5) is 5.82 Å². The van der Waals surface area contributed by atoms with Crippen LogP contribution < -0.4 is 5.32 Å². The lowest BCUT2D eigenvalue weighted by atomic mass is 10.0. The van der Waals surface area contributed by atoms with Gasteiger partial charge < -0.3 is 5.32 Å². The molecule has 2 rings (SSSR count). The normalized spacial score (nSPS) is 17.0. The number of rotatable bonds is 2. The van der Waals surface area contributed by atoms with Gasteiger partial charge in [-0.05, 0) is 35.7 Å². The molecule has 4 heteroatoms. The Balaban J connectivity index is 2.40. The van der Waals surface area contributed by atoms with Crippen LogP contribution in [0.25, 0.3) is 0 Å². The standard InChI is InChI=1S/C11H16BrN3/c1-7-14-10(8-5-3-4-6-8)9(12)11(13-2)15-7/h8H,3-6H2,1-2H3,(H,13,14,15). The maximum Gasteiger partial charge on any atom is 0.144 e.